The first kappa shape index (κ1) is 20.7. The van der Waals surface area contributed by atoms with E-state index in [0.29, 0.717) is 36.0 Å². The molecule has 0 aliphatic heterocycles. The van der Waals surface area contributed by atoms with Crippen LogP contribution in [0.15, 0.2) is 42.6 Å². The van der Waals surface area contributed by atoms with Crippen molar-refractivity contribution in [1.82, 2.24) is 9.88 Å². The van der Waals surface area contributed by atoms with Crippen molar-refractivity contribution < 1.29 is 4.79 Å². The minimum absolute atomic E-state index is 0.178. The van der Waals surface area contributed by atoms with Gasteiger partial charge in [0.1, 0.15) is 0 Å². The van der Waals surface area contributed by atoms with E-state index in [0.717, 1.165) is 24.1 Å². The van der Waals surface area contributed by atoms with Crippen LogP contribution in [0.25, 0.3) is 0 Å². The molecule has 26 heavy (non-hydrogen) atoms. The van der Waals surface area contributed by atoms with Crippen LogP contribution in [0, 0.1) is 0 Å². The van der Waals surface area contributed by atoms with E-state index in [9.17, 15) is 4.79 Å². The summed E-state index contributed by atoms with van der Waals surface area (Å²) in [6.07, 6.45) is 7.42. The fourth-order valence-electron chi connectivity index (χ4n) is 2.82. The highest BCUT2D eigenvalue weighted by molar-refractivity contribution is 6.35. The monoisotopic (exact) mass is 392 g/mol. The fraction of sp³-hybridized carbons (Fsp3) is 0.429. The predicted octanol–water partition coefficient (Wildman–Crippen LogP) is 5.93. The summed E-state index contributed by atoms with van der Waals surface area (Å²) in [6, 6.07) is 11.3. The van der Waals surface area contributed by atoms with Gasteiger partial charge in [0.15, 0.2) is 0 Å². The highest BCUT2D eigenvalue weighted by Crippen LogP contribution is 2.22. The maximum atomic E-state index is 12.7. The lowest BCUT2D eigenvalue weighted by Crippen LogP contribution is -2.32. The third-order valence-corrected chi connectivity index (χ3v) is 4.93. The Hall–Kier alpha value is -1.58. The summed E-state index contributed by atoms with van der Waals surface area (Å²) in [4.78, 5) is 19.0. The number of hydrogen-bond acceptors (Lipinski definition) is 2. The summed E-state index contributed by atoms with van der Waals surface area (Å²) >= 11 is 12.2. The summed E-state index contributed by atoms with van der Waals surface area (Å²) in [5.41, 5.74) is 1.90. The van der Waals surface area contributed by atoms with E-state index >= 15 is 0 Å². The quantitative estimate of drug-likeness (QED) is 0.469. The zero-order chi connectivity index (χ0) is 18.8. The van der Waals surface area contributed by atoms with Crippen molar-refractivity contribution in [2.45, 2.75) is 52.0 Å². The van der Waals surface area contributed by atoms with Gasteiger partial charge >= 0.3 is 0 Å². The normalized spacial score (nSPS) is 10.7. The van der Waals surface area contributed by atoms with Crippen LogP contribution < -0.4 is 0 Å². The van der Waals surface area contributed by atoms with E-state index in [1.165, 1.54) is 12.8 Å². The van der Waals surface area contributed by atoms with E-state index in [1.54, 1.807) is 12.3 Å². The molecule has 1 aromatic heterocycles. The van der Waals surface area contributed by atoms with Crippen LogP contribution in [0.5, 0.6) is 0 Å². The number of nitrogens with zero attached hydrogens (tertiary/aromatic N) is 2. The molecule has 0 radical (unpaired) electrons. The summed E-state index contributed by atoms with van der Waals surface area (Å²) in [6.45, 7) is 3.31. The molecular formula is C21H26Cl2N2O. The Labute approximate surface area is 166 Å². The first-order valence-electron chi connectivity index (χ1n) is 9.21. The Morgan fingerprint density at radius 3 is 2.65 bits per heavy atom. The van der Waals surface area contributed by atoms with Crippen LogP contribution in [-0.2, 0) is 17.8 Å². The summed E-state index contributed by atoms with van der Waals surface area (Å²) in [7, 11) is 0. The molecule has 0 aliphatic carbocycles. The van der Waals surface area contributed by atoms with Gasteiger partial charge in [0.25, 0.3) is 0 Å². The number of hydrogen-bond donors (Lipinski definition) is 0. The van der Waals surface area contributed by atoms with Crippen molar-refractivity contribution in [2.24, 2.45) is 0 Å². The zero-order valence-electron chi connectivity index (χ0n) is 15.3. The second-order valence-corrected chi connectivity index (χ2v) is 7.28. The van der Waals surface area contributed by atoms with Crippen LogP contribution in [-0.4, -0.2) is 22.3 Å². The Kier molecular flexibility index (Phi) is 8.93. The molecule has 0 fully saturated rings. The molecule has 0 saturated heterocycles. The first-order chi connectivity index (χ1) is 12.6. The van der Waals surface area contributed by atoms with Crippen molar-refractivity contribution in [3.63, 3.8) is 0 Å². The van der Waals surface area contributed by atoms with Crippen molar-refractivity contribution in [1.29, 1.82) is 0 Å². The van der Waals surface area contributed by atoms with Crippen molar-refractivity contribution in [3.8, 4) is 0 Å². The number of rotatable bonds is 10. The molecule has 0 saturated carbocycles. The van der Waals surface area contributed by atoms with Crippen LogP contribution in [0.4, 0.5) is 0 Å². The molecule has 1 amide bonds. The third-order valence-electron chi connectivity index (χ3n) is 4.34. The molecule has 0 N–H and O–H groups in total. The van der Waals surface area contributed by atoms with Crippen LogP contribution >= 0.6 is 23.2 Å². The molecule has 140 valence electrons. The Morgan fingerprint density at radius 1 is 1.12 bits per heavy atom. The standard InChI is InChI=1S/C21H26Cl2N2O/c1-2-3-4-5-9-21(26)25(16-19-8-6-7-13-24-19)14-12-17-10-11-18(22)15-20(17)23/h6-8,10-11,13,15H,2-5,9,12,14,16H2,1H3. The molecule has 0 spiro atoms. The van der Waals surface area contributed by atoms with E-state index in [-0.39, 0.29) is 5.91 Å². The number of pyridine rings is 1. The average molecular weight is 393 g/mol. The number of halogens is 2. The summed E-state index contributed by atoms with van der Waals surface area (Å²) < 4.78 is 0. The number of carbonyl (C=O) groups excluding carboxylic acids is 1. The highest BCUT2D eigenvalue weighted by atomic mass is 35.5. The SMILES string of the molecule is CCCCCCC(=O)N(CCc1ccc(Cl)cc1Cl)Cc1ccccn1. The van der Waals surface area contributed by atoms with Crippen LogP contribution in [0.2, 0.25) is 10.0 Å². The second kappa shape index (κ2) is 11.2. The molecule has 0 aliphatic rings. The van der Waals surface area contributed by atoms with Gasteiger partial charge in [-0.05, 0) is 42.7 Å². The Bertz CT molecular complexity index is 692. The lowest BCUT2D eigenvalue weighted by molar-refractivity contribution is -0.132. The minimum atomic E-state index is 0.178. The second-order valence-electron chi connectivity index (χ2n) is 6.43. The molecule has 0 bridgehead atoms. The van der Waals surface area contributed by atoms with Gasteiger partial charge in [-0.2, -0.15) is 0 Å². The highest BCUT2D eigenvalue weighted by Gasteiger charge is 2.15. The minimum Gasteiger partial charge on any atom is -0.336 e. The first-order valence-corrected chi connectivity index (χ1v) is 9.97. The van der Waals surface area contributed by atoms with Gasteiger partial charge in [-0.25, -0.2) is 0 Å². The van der Waals surface area contributed by atoms with E-state index in [4.69, 9.17) is 23.2 Å². The molecular weight excluding hydrogens is 367 g/mol. The largest absolute Gasteiger partial charge is 0.336 e. The van der Waals surface area contributed by atoms with Gasteiger partial charge in [-0.3, -0.25) is 9.78 Å². The third kappa shape index (κ3) is 6.97. The lowest BCUT2D eigenvalue weighted by atomic mass is 10.1. The molecule has 2 aromatic rings. The topological polar surface area (TPSA) is 33.2 Å². The number of amides is 1. The van der Waals surface area contributed by atoms with E-state index in [1.807, 2.05) is 35.2 Å². The molecule has 3 nitrogen and oxygen atoms in total. The number of carbonyl (C=O) groups is 1. The zero-order valence-corrected chi connectivity index (χ0v) is 16.8. The lowest BCUT2D eigenvalue weighted by Gasteiger charge is -2.23. The van der Waals surface area contributed by atoms with Crippen LogP contribution in [0.1, 0.15) is 50.3 Å². The van der Waals surface area contributed by atoms with Gasteiger partial charge in [0.2, 0.25) is 5.91 Å². The molecule has 2 rings (SSSR count). The smallest absolute Gasteiger partial charge is 0.222 e. The van der Waals surface area contributed by atoms with Crippen molar-refractivity contribution in [3.05, 3.63) is 63.9 Å². The molecule has 1 heterocycles. The molecule has 0 atom stereocenters. The van der Waals surface area contributed by atoms with Gasteiger partial charge in [-0.15, -0.1) is 0 Å². The number of benzene rings is 1. The van der Waals surface area contributed by atoms with E-state index < -0.39 is 0 Å². The van der Waals surface area contributed by atoms with E-state index in [2.05, 4.69) is 11.9 Å². The fourth-order valence-corrected chi connectivity index (χ4v) is 3.32. The maximum Gasteiger partial charge on any atom is 0.222 e. The number of aromatic nitrogens is 1. The van der Waals surface area contributed by atoms with Crippen molar-refractivity contribution in [2.75, 3.05) is 6.54 Å². The summed E-state index contributed by atoms with van der Waals surface area (Å²) in [5, 5.41) is 1.27. The predicted molar refractivity (Wildman–Crippen MR) is 109 cm³/mol. The number of unbranched alkanes of at least 4 members (excludes halogenated alkanes) is 3. The Balaban J connectivity index is 2.00. The average Bonchev–Trinajstić information content (AvgIpc) is 2.64. The van der Waals surface area contributed by atoms with Gasteiger partial charge in [-0.1, -0.05) is 61.5 Å². The molecule has 1 aromatic carbocycles. The van der Waals surface area contributed by atoms with Crippen molar-refractivity contribution >= 4 is 29.1 Å². The van der Waals surface area contributed by atoms with Gasteiger partial charge in [0.05, 0.1) is 12.2 Å². The Morgan fingerprint density at radius 2 is 1.96 bits per heavy atom. The molecule has 5 heteroatoms. The summed E-state index contributed by atoms with van der Waals surface area (Å²) in [5.74, 6) is 0.178. The van der Waals surface area contributed by atoms with Gasteiger partial charge in [0, 0.05) is 29.2 Å². The van der Waals surface area contributed by atoms with Gasteiger partial charge < -0.3 is 4.90 Å². The van der Waals surface area contributed by atoms with Crippen LogP contribution in [0.3, 0.4) is 0 Å². The molecule has 0 unspecified atom stereocenters. The maximum absolute atomic E-state index is 12.7.